The lowest BCUT2D eigenvalue weighted by atomic mass is 9.81. The van der Waals surface area contributed by atoms with Crippen LogP contribution in [0.3, 0.4) is 0 Å². The second-order valence-electron chi connectivity index (χ2n) is 4.51. The van der Waals surface area contributed by atoms with Crippen molar-refractivity contribution in [3.05, 3.63) is 0 Å². The van der Waals surface area contributed by atoms with Gasteiger partial charge in [0.05, 0.1) is 0 Å². The molecule has 0 amide bonds. The Kier molecular flexibility index (Phi) is 6.62. The normalized spacial score (nSPS) is 16.9. The highest BCUT2D eigenvalue weighted by Crippen LogP contribution is 2.32. The number of carbonyl (C=O) groups is 1. The summed E-state index contributed by atoms with van der Waals surface area (Å²) in [6, 6.07) is 0. The van der Waals surface area contributed by atoms with Gasteiger partial charge in [-0.15, -0.1) is 0 Å². The third kappa shape index (κ3) is 4.67. The largest absolute Gasteiger partial charge is 0.459 e. The van der Waals surface area contributed by atoms with Gasteiger partial charge < -0.3 is 4.74 Å². The molecule has 0 aliphatic heterocycles. The van der Waals surface area contributed by atoms with E-state index < -0.39 is 0 Å². The fraction of sp³-hybridized carbons (Fsp3) is 0.923. The lowest BCUT2D eigenvalue weighted by Gasteiger charge is -2.36. The van der Waals surface area contributed by atoms with Crippen LogP contribution in [0.4, 0.5) is 0 Å². The van der Waals surface area contributed by atoms with Crippen LogP contribution >= 0.6 is 0 Å². The molecule has 2 atom stereocenters. The summed E-state index contributed by atoms with van der Waals surface area (Å²) in [5.41, 5.74) is -0.268. The van der Waals surface area contributed by atoms with Crippen LogP contribution in [0.5, 0.6) is 0 Å². The number of carbonyl (C=O) groups excluding carboxylic acids is 1. The van der Waals surface area contributed by atoms with Crippen LogP contribution in [-0.2, 0) is 9.53 Å². The van der Waals surface area contributed by atoms with Crippen LogP contribution < -0.4 is 0 Å². The summed E-state index contributed by atoms with van der Waals surface area (Å²) in [6.45, 7) is 10.0. The molecule has 0 aliphatic carbocycles. The van der Waals surface area contributed by atoms with Crippen LogP contribution in [0.2, 0.25) is 0 Å². The van der Waals surface area contributed by atoms with E-state index in [1.54, 1.807) is 0 Å². The van der Waals surface area contributed by atoms with Crippen molar-refractivity contribution in [2.75, 3.05) is 0 Å². The summed E-state index contributed by atoms with van der Waals surface area (Å²) in [5.74, 6) is 0.334. The van der Waals surface area contributed by atoms with Crippen LogP contribution in [0.1, 0.15) is 66.7 Å². The average Bonchev–Trinajstić information content (AvgIpc) is 2.17. The van der Waals surface area contributed by atoms with Crippen molar-refractivity contribution in [2.24, 2.45) is 5.92 Å². The third-order valence-corrected chi connectivity index (χ3v) is 3.34. The van der Waals surface area contributed by atoms with Crippen molar-refractivity contribution in [2.45, 2.75) is 72.3 Å². The summed E-state index contributed by atoms with van der Waals surface area (Å²) in [6.07, 6.45) is 5.56. The summed E-state index contributed by atoms with van der Waals surface area (Å²) in [5, 5.41) is 0. The molecule has 0 aromatic carbocycles. The molecule has 0 spiro atoms. The van der Waals surface area contributed by atoms with E-state index in [0.717, 1.165) is 19.3 Å². The van der Waals surface area contributed by atoms with Gasteiger partial charge in [-0.3, -0.25) is 4.79 Å². The first kappa shape index (κ1) is 14.5. The molecule has 0 fully saturated rings. The van der Waals surface area contributed by atoms with Crippen LogP contribution in [0, 0.1) is 5.92 Å². The summed E-state index contributed by atoms with van der Waals surface area (Å²) in [4.78, 5) is 11.1. The van der Waals surface area contributed by atoms with Gasteiger partial charge in [0.25, 0.3) is 0 Å². The first-order chi connectivity index (χ1) is 7.00. The van der Waals surface area contributed by atoms with E-state index >= 15 is 0 Å². The molecule has 0 rings (SSSR count). The highest BCUT2D eigenvalue weighted by Gasteiger charge is 2.33. The Morgan fingerprint density at radius 2 is 1.93 bits per heavy atom. The molecule has 0 aromatic rings. The molecule has 0 bridgehead atoms. The molecular weight excluding hydrogens is 188 g/mol. The molecule has 2 nitrogen and oxygen atoms in total. The first-order valence-electron chi connectivity index (χ1n) is 6.19. The van der Waals surface area contributed by atoms with Crippen LogP contribution in [-0.4, -0.2) is 11.6 Å². The van der Waals surface area contributed by atoms with Gasteiger partial charge in [-0.2, -0.15) is 0 Å². The maximum absolute atomic E-state index is 11.1. The van der Waals surface area contributed by atoms with Gasteiger partial charge in [0.15, 0.2) is 0 Å². The minimum Gasteiger partial charge on any atom is -0.459 e. The zero-order chi connectivity index (χ0) is 11.9. The molecule has 0 heterocycles. The summed E-state index contributed by atoms with van der Waals surface area (Å²) in [7, 11) is 0. The van der Waals surface area contributed by atoms with E-state index in [1.807, 2.05) is 0 Å². The lowest BCUT2D eigenvalue weighted by Crippen LogP contribution is -2.38. The Hall–Kier alpha value is -0.530. The topological polar surface area (TPSA) is 26.3 Å². The van der Waals surface area contributed by atoms with E-state index in [4.69, 9.17) is 4.74 Å². The van der Waals surface area contributed by atoms with Gasteiger partial charge in [-0.05, 0) is 32.1 Å². The monoisotopic (exact) mass is 214 g/mol. The number of esters is 1. The number of rotatable bonds is 7. The predicted octanol–water partition coefficient (Wildman–Crippen LogP) is 3.93. The van der Waals surface area contributed by atoms with Gasteiger partial charge in [0, 0.05) is 6.92 Å². The van der Waals surface area contributed by atoms with Gasteiger partial charge in [-0.1, -0.05) is 33.6 Å². The third-order valence-electron chi connectivity index (χ3n) is 3.34. The maximum Gasteiger partial charge on any atom is 0.303 e. The molecule has 90 valence electrons. The predicted molar refractivity (Wildman–Crippen MR) is 63.8 cm³/mol. The molecule has 0 radical (unpaired) electrons. The van der Waals surface area contributed by atoms with E-state index in [1.165, 1.54) is 19.8 Å². The SMILES string of the molecule is CCCCC(CC)C(C)(CC)OC(C)=O. The number of unbranched alkanes of at least 4 members (excludes halogenated alkanes) is 1. The molecule has 0 saturated heterocycles. The van der Waals surface area contributed by atoms with Crippen LogP contribution in [0.15, 0.2) is 0 Å². The molecular formula is C13H26O2. The van der Waals surface area contributed by atoms with Crippen molar-refractivity contribution in [3.63, 3.8) is 0 Å². The number of hydrogen-bond donors (Lipinski definition) is 0. The molecule has 0 aromatic heterocycles. The fourth-order valence-corrected chi connectivity index (χ4v) is 2.16. The minimum atomic E-state index is -0.268. The fourth-order valence-electron chi connectivity index (χ4n) is 2.16. The maximum atomic E-state index is 11.1. The van der Waals surface area contributed by atoms with Gasteiger partial charge in [0.2, 0.25) is 0 Å². The standard InChI is InChI=1S/C13H26O2/c1-6-9-10-12(7-2)13(5,8-3)15-11(4)14/h12H,6-10H2,1-5H3. The van der Waals surface area contributed by atoms with Gasteiger partial charge in [-0.25, -0.2) is 0 Å². The smallest absolute Gasteiger partial charge is 0.303 e. The van der Waals surface area contributed by atoms with Crippen molar-refractivity contribution in [1.82, 2.24) is 0 Å². The Balaban J connectivity index is 4.48. The second kappa shape index (κ2) is 6.86. The Morgan fingerprint density at radius 1 is 1.33 bits per heavy atom. The Bertz CT molecular complexity index is 189. The average molecular weight is 214 g/mol. The van der Waals surface area contributed by atoms with E-state index in [0.29, 0.717) is 5.92 Å². The van der Waals surface area contributed by atoms with Gasteiger partial charge >= 0.3 is 5.97 Å². The van der Waals surface area contributed by atoms with Crippen molar-refractivity contribution in [1.29, 1.82) is 0 Å². The van der Waals surface area contributed by atoms with E-state index in [2.05, 4.69) is 27.7 Å². The molecule has 2 heteroatoms. The lowest BCUT2D eigenvalue weighted by molar-refractivity contribution is -0.162. The number of ether oxygens (including phenoxy) is 1. The highest BCUT2D eigenvalue weighted by atomic mass is 16.6. The van der Waals surface area contributed by atoms with Gasteiger partial charge in [0.1, 0.15) is 5.60 Å². The molecule has 0 saturated carbocycles. The Morgan fingerprint density at radius 3 is 2.27 bits per heavy atom. The summed E-state index contributed by atoms with van der Waals surface area (Å²) < 4.78 is 5.50. The molecule has 2 unspecified atom stereocenters. The quantitative estimate of drug-likeness (QED) is 0.600. The number of hydrogen-bond acceptors (Lipinski definition) is 2. The highest BCUT2D eigenvalue weighted by molar-refractivity contribution is 5.66. The zero-order valence-corrected chi connectivity index (χ0v) is 10.9. The van der Waals surface area contributed by atoms with Crippen molar-refractivity contribution in [3.8, 4) is 0 Å². The molecule has 0 aliphatic rings. The molecule has 0 N–H and O–H groups in total. The second-order valence-corrected chi connectivity index (χ2v) is 4.51. The van der Waals surface area contributed by atoms with Crippen LogP contribution in [0.25, 0.3) is 0 Å². The Labute approximate surface area is 94.4 Å². The zero-order valence-electron chi connectivity index (χ0n) is 10.9. The summed E-state index contributed by atoms with van der Waals surface area (Å²) >= 11 is 0. The van der Waals surface area contributed by atoms with E-state index in [-0.39, 0.29) is 11.6 Å². The first-order valence-corrected chi connectivity index (χ1v) is 6.19. The molecule has 15 heavy (non-hydrogen) atoms. The van der Waals surface area contributed by atoms with Crippen molar-refractivity contribution >= 4 is 5.97 Å². The van der Waals surface area contributed by atoms with E-state index in [9.17, 15) is 4.79 Å². The van der Waals surface area contributed by atoms with Crippen molar-refractivity contribution < 1.29 is 9.53 Å². The minimum absolute atomic E-state index is 0.158.